The first kappa shape index (κ1) is 32.6. The molecule has 0 saturated carbocycles. The van der Waals surface area contributed by atoms with Crippen LogP contribution >= 0.6 is 0 Å². The van der Waals surface area contributed by atoms with Crippen LogP contribution in [0, 0.1) is 0 Å². The summed E-state index contributed by atoms with van der Waals surface area (Å²) in [5.41, 5.74) is 5.11. The first-order valence-corrected chi connectivity index (χ1v) is 13.6. The number of carbonyl (C=O) groups is 2. The van der Waals surface area contributed by atoms with Gasteiger partial charge < -0.3 is 26.2 Å². The van der Waals surface area contributed by atoms with Gasteiger partial charge in [0.2, 0.25) is 5.91 Å². The molecule has 3 amide bonds. The molecule has 0 radical (unpaired) electrons. The van der Waals surface area contributed by atoms with Gasteiger partial charge in [-0.1, -0.05) is 96.8 Å². The second kappa shape index (κ2) is 24.7. The van der Waals surface area contributed by atoms with Crippen molar-refractivity contribution in [2.45, 2.75) is 110 Å². The highest BCUT2D eigenvalue weighted by molar-refractivity contribution is 5.73. The van der Waals surface area contributed by atoms with Gasteiger partial charge in [0.15, 0.2) is 0 Å². The molecule has 0 unspecified atom stereocenters. The average molecular weight is 494 g/mol. The molecule has 0 heterocycles. The predicted octanol–water partition coefficient (Wildman–Crippen LogP) is 6.43. The first-order chi connectivity index (χ1) is 17.0. The number of aromatic hydroxyl groups is 1. The Morgan fingerprint density at radius 2 is 1.26 bits per heavy atom. The lowest BCUT2D eigenvalue weighted by Gasteiger charge is -2.07. The molecular formula is C28H51N3O4. The highest BCUT2D eigenvalue weighted by Crippen LogP contribution is 2.15. The van der Waals surface area contributed by atoms with Gasteiger partial charge in [0.25, 0.3) is 0 Å². The molecule has 0 fully saturated rings. The topological polar surface area (TPSA) is 114 Å². The fourth-order valence-corrected chi connectivity index (χ4v) is 3.63. The van der Waals surface area contributed by atoms with Crippen molar-refractivity contribution in [1.82, 2.24) is 10.6 Å². The second-order valence-electron chi connectivity index (χ2n) is 9.01. The lowest BCUT2D eigenvalue weighted by molar-refractivity contribution is -0.118. The summed E-state index contributed by atoms with van der Waals surface area (Å²) in [6.45, 7) is 3.09. The van der Waals surface area contributed by atoms with Gasteiger partial charge in [0.05, 0.1) is 6.54 Å². The third-order valence-corrected chi connectivity index (χ3v) is 5.75. The van der Waals surface area contributed by atoms with Gasteiger partial charge in [-0.3, -0.25) is 4.79 Å². The van der Waals surface area contributed by atoms with Gasteiger partial charge in [-0.25, -0.2) is 4.79 Å². The number of urea groups is 1. The monoisotopic (exact) mass is 493 g/mol. The standard InChI is InChI=1S/C18H37NO.C10H14N2O3/c1-2-3-4-5-6-7-8-9-10-11-12-13-14-15-16-17-18(19)20;1-11-10(14)12-6-7-15-9-4-2-8(13)3-5-9/h2-17H2,1H3,(H2,19,20);2-5,13H,6-7H2,1H3,(H2,11,12,14). The number of carbonyl (C=O) groups excluding carboxylic acids is 2. The van der Waals surface area contributed by atoms with Crippen LogP contribution in [0.5, 0.6) is 11.5 Å². The number of primary amides is 1. The molecule has 1 rings (SSSR count). The summed E-state index contributed by atoms with van der Waals surface area (Å²) in [7, 11) is 1.55. The third-order valence-electron chi connectivity index (χ3n) is 5.75. The Morgan fingerprint density at radius 3 is 1.69 bits per heavy atom. The summed E-state index contributed by atoms with van der Waals surface area (Å²) in [6, 6.07) is 6.18. The van der Waals surface area contributed by atoms with Gasteiger partial charge in [0, 0.05) is 13.5 Å². The molecule has 0 aromatic heterocycles. The van der Waals surface area contributed by atoms with Crippen molar-refractivity contribution in [2.75, 3.05) is 20.2 Å². The number of unbranched alkanes of at least 4 members (excludes halogenated alkanes) is 14. The van der Waals surface area contributed by atoms with Gasteiger partial charge in [-0.2, -0.15) is 0 Å². The Morgan fingerprint density at radius 1 is 0.800 bits per heavy atom. The molecule has 0 aliphatic heterocycles. The SMILES string of the molecule is CCCCCCCCCCCCCCCCCC(N)=O.CNC(=O)NCCOc1ccc(O)cc1. The lowest BCUT2D eigenvalue weighted by Crippen LogP contribution is -2.35. The second-order valence-corrected chi connectivity index (χ2v) is 9.01. The Hall–Kier alpha value is -2.44. The summed E-state index contributed by atoms with van der Waals surface area (Å²) in [5, 5.41) is 14.0. The molecule has 35 heavy (non-hydrogen) atoms. The molecule has 1 aromatic carbocycles. The fraction of sp³-hybridized carbons (Fsp3) is 0.714. The summed E-state index contributed by atoms with van der Waals surface area (Å²) < 4.78 is 5.30. The molecule has 5 N–H and O–H groups in total. The zero-order chi connectivity index (χ0) is 26.0. The zero-order valence-electron chi connectivity index (χ0n) is 22.3. The fourth-order valence-electron chi connectivity index (χ4n) is 3.63. The number of phenolic OH excluding ortho intramolecular Hbond substituents is 1. The Labute approximate surface area is 213 Å². The predicted molar refractivity (Wildman–Crippen MR) is 145 cm³/mol. The lowest BCUT2D eigenvalue weighted by atomic mass is 10.0. The van der Waals surface area contributed by atoms with Crippen LogP contribution in [0.1, 0.15) is 110 Å². The molecule has 0 bridgehead atoms. The number of hydrogen-bond acceptors (Lipinski definition) is 4. The smallest absolute Gasteiger partial charge is 0.314 e. The van der Waals surface area contributed by atoms with Gasteiger partial charge in [0.1, 0.15) is 18.1 Å². The highest BCUT2D eigenvalue weighted by atomic mass is 16.5. The number of amides is 3. The van der Waals surface area contributed by atoms with E-state index in [1.165, 1.54) is 89.9 Å². The Bertz CT molecular complexity index is 623. The molecule has 0 aliphatic carbocycles. The largest absolute Gasteiger partial charge is 0.508 e. The Kier molecular flexibility index (Phi) is 23.0. The number of benzene rings is 1. The molecule has 1 aromatic rings. The van der Waals surface area contributed by atoms with Crippen LogP contribution in [0.3, 0.4) is 0 Å². The average Bonchev–Trinajstić information content (AvgIpc) is 2.85. The third kappa shape index (κ3) is 24.5. The number of ether oxygens (including phenoxy) is 1. The van der Waals surface area contributed by atoms with E-state index in [0.29, 0.717) is 25.3 Å². The molecule has 0 atom stereocenters. The van der Waals surface area contributed by atoms with Gasteiger partial charge >= 0.3 is 6.03 Å². The first-order valence-electron chi connectivity index (χ1n) is 13.6. The van der Waals surface area contributed by atoms with Crippen LogP contribution in [0.4, 0.5) is 4.79 Å². The van der Waals surface area contributed by atoms with E-state index in [-0.39, 0.29) is 17.7 Å². The van der Waals surface area contributed by atoms with E-state index in [9.17, 15) is 9.59 Å². The zero-order valence-corrected chi connectivity index (χ0v) is 22.3. The number of nitrogens with two attached hydrogens (primary N) is 1. The Balaban J connectivity index is 0.000000686. The van der Waals surface area contributed by atoms with E-state index in [1.54, 1.807) is 31.3 Å². The van der Waals surface area contributed by atoms with Crippen molar-refractivity contribution < 1.29 is 19.4 Å². The van der Waals surface area contributed by atoms with E-state index < -0.39 is 0 Å². The van der Waals surface area contributed by atoms with Crippen LogP contribution in [0.25, 0.3) is 0 Å². The van der Waals surface area contributed by atoms with Crippen LogP contribution < -0.4 is 21.1 Å². The summed E-state index contributed by atoms with van der Waals surface area (Å²) in [4.78, 5) is 21.3. The summed E-state index contributed by atoms with van der Waals surface area (Å²) in [5.74, 6) is 0.706. The maximum Gasteiger partial charge on any atom is 0.314 e. The van der Waals surface area contributed by atoms with E-state index in [4.69, 9.17) is 15.6 Å². The van der Waals surface area contributed by atoms with E-state index in [1.807, 2.05) is 0 Å². The maximum absolute atomic E-state index is 10.8. The minimum atomic E-state index is -0.232. The van der Waals surface area contributed by atoms with Crippen molar-refractivity contribution >= 4 is 11.9 Å². The van der Waals surface area contributed by atoms with E-state index in [0.717, 1.165) is 6.42 Å². The van der Waals surface area contributed by atoms with Crippen molar-refractivity contribution in [3.63, 3.8) is 0 Å². The number of nitrogens with one attached hydrogen (secondary N) is 2. The number of hydrogen-bond donors (Lipinski definition) is 4. The van der Waals surface area contributed by atoms with Gasteiger partial charge in [-0.05, 0) is 30.7 Å². The molecule has 0 spiro atoms. The summed E-state index contributed by atoms with van der Waals surface area (Å²) in [6.07, 6.45) is 20.9. The van der Waals surface area contributed by atoms with Gasteiger partial charge in [-0.15, -0.1) is 0 Å². The van der Waals surface area contributed by atoms with Crippen molar-refractivity contribution in [1.29, 1.82) is 0 Å². The summed E-state index contributed by atoms with van der Waals surface area (Å²) >= 11 is 0. The number of rotatable bonds is 20. The minimum absolute atomic E-state index is 0.153. The van der Waals surface area contributed by atoms with Crippen molar-refractivity contribution in [3.8, 4) is 11.5 Å². The molecule has 7 nitrogen and oxygen atoms in total. The molecule has 7 heteroatoms. The molecule has 202 valence electrons. The molecule has 0 aliphatic rings. The quantitative estimate of drug-likeness (QED) is 0.157. The van der Waals surface area contributed by atoms with Crippen LogP contribution in [0.15, 0.2) is 24.3 Å². The van der Waals surface area contributed by atoms with E-state index in [2.05, 4.69) is 17.6 Å². The maximum atomic E-state index is 10.8. The molecular weight excluding hydrogens is 442 g/mol. The van der Waals surface area contributed by atoms with Crippen LogP contribution in [-0.2, 0) is 4.79 Å². The normalized spacial score (nSPS) is 10.2. The van der Waals surface area contributed by atoms with Crippen LogP contribution in [0.2, 0.25) is 0 Å². The number of phenols is 1. The minimum Gasteiger partial charge on any atom is -0.508 e. The molecule has 0 saturated heterocycles. The highest BCUT2D eigenvalue weighted by Gasteiger charge is 1.97. The van der Waals surface area contributed by atoms with Crippen molar-refractivity contribution in [3.05, 3.63) is 24.3 Å². The van der Waals surface area contributed by atoms with Crippen molar-refractivity contribution in [2.24, 2.45) is 5.73 Å². The van der Waals surface area contributed by atoms with Crippen LogP contribution in [-0.4, -0.2) is 37.2 Å². The van der Waals surface area contributed by atoms with E-state index >= 15 is 0 Å².